The fraction of sp³-hybridized carbons (Fsp3) is 0.571. The van der Waals surface area contributed by atoms with Gasteiger partial charge in [-0.1, -0.05) is 35.0 Å². The molecule has 1 aromatic carbocycles. The summed E-state index contributed by atoms with van der Waals surface area (Å²) in [4.78, 5) is 0. The topological polar surface area (TPSA) is 0 Å². The summed E-state index contributed by atoms with van der Waals surface area (Å²) in [6, 6.07) is 8.37. The van der Waals surface area contributed by atoms with Crippen LogP contribution in [0.25, 0.3) is 0 Å². The number of alkyl halides is 2. The maximum absolute atomic E-state index is 6.21. The first kappa shape index (κ1) is 16.7. The van der Waals surface area contributed by atoms with Crippen LogP contribution in [-0.4, -0.2) is 23.3 Å². The van der Waals surface area contributed by atoms with Gasteiger partial charge >= 0.3 is 0 Å². The molecule has 0 unspecified atom stereocenters. The Labute approximate surface area is 133 Å². The summed E-state index contributed by atoms with van der Waals surface area (Å²) >= 11 is 17.9. The molecule has 0 aliphatic carbocycles. The average Bonchev–Trinajstić information content (AvgIpc) is 2.41. The minimum Gasteiger partial charge on any atom is -0.162 e. The maximum Gasteiger partial charge on any atom is 0.0332 e. The van der Waals surface area contributed by atoms with Crippen LogP contribution in [0, 0.1) is 0 Å². The van der Waals surface area contributed by atoms with Crippen LogP contribution < -0.4 is 0 Å². The molecule has 0 nitrogen and oxygen atoms in total. The van der Waals surface area contributed by atoms with Crippen molar-refractivity contribution in [1.82, 2.24) is 0 Å². The second kappa shape index (κ2) is 8.73. The number of benzene rings is 1. The fourth-order valence-corrected chi connectivity index (χ4v) is 3.69. The first-order valence-electron chi connectivity index (χ1n) is 6.14. The van der Waals surface area contributed by atoms with Gasteiger partial charge in [-0.15, -0.1) is 23.2 Å². The average molecular weight is 370 g/mol. The molecule has 0 saturated carbocycles. The van der Waals surface area contributed by atoms with Crippen molar-refractivity contribution in [1.29, 1.82) is 0 Å². The minimum absolute atomic E-state index is 0.0852. The standard InChI is InChI=1S/C14H19BrCl2S/c1-2-18-9-3-8-14(10-16,11-17)12-4-6-13(15)7-5-12/h4-7H,2-3,8-11H2,1H3. The van der Waals surface area contributed by atoms with Gasteiger partial charge in [0.1, 0.15) is 0 Å². The van der Waals surface area contributed by atoms with Gasteiger partial charge in [-0.05, 0) is 42.0 Å². The van der Waals surface area contributed by atoms with Gasteiger partial charge in [0.15, 0.2) is 0 Å². The van der Waals surface area contributed by atoms with Gasteiger partial charge in [0.05, 0.1) is 0 Å². The van der Waals surface area contributed by atoms with Crippen LogP contribution in [-0.2, 0) is 5.41 Å². The Bertz CT molecular complexity index is 336. The summed E-state index contributed by atoms with van der Waals surface area (Å²) in [5.74, 6) is 3.51. The quantitative estimate of drug-likeness (QED) is 0.418. The van der Waals surface area contributed by atoms with E-state index in [0.29, 0.717) is 11.8 Å². The zero-order valence-electron chi connectivity index (χ0n) is 10.6. The molecule has 0 atom stereocenters. The fourth-order valence-electron chi connectivity index (χ4n) is 1.93. The van der Waals surface area contributed by atoms with Crippen LogP contribution in [0.15, 0.2) is 28.7 Å². The highest BCUT2D eigenvalue weighted by molar-refractivity contribution is 9.10. The van der Waals surface area contributed by atoms with Crippen LogP contribution in [0.1, 0.15) is 25.3 Å². The molecule has 0 spiro atoms. The van der Waals surface area contributed by atoms with E-state index in [1.165, 1.54) is 17.1 Å². The molecule has 18 heavy (non-hydrogen) atoms. The molecule has 1 rings (SSSR count). The number of rotatable bonds is 8. The third kappa shape index (κ3) is 4.63. The predicted molar refractivity (Wildman–Crippen MR) is 89.5 cm³/mol. The second-order valence-corrected chi connectivity index (χ2v) is 7.20. The van der Waals surface area contributed by atoms with Gasteiger partial charge in [-0.2, -0.15) is 11.8 Å². The normalized spacial score (nSPS) is 11.8. The van der Waals surface area contributed by atoms with Gasteiger partial charge in [-0.25, -0.2) is 0 Å². The molecule has 0 N–H and O–H groups in total. The number of thioether (sulfide) groups is 1. The van der Waals surface area contributed by atoms with E-state index in [1.807, 2.05) is 11.8 Å². The monoisotopic (exact) mass is 368 g/mol. The van der Waals surface area contributed by atoms with Crippen molar-refractivity contribution in [2.45, 2.75) is 25.2 Å². The highest BCUT2D eigenvalue weighted by Crippen LogP contribution is 2.33. The summed E-state index contributed by atoms with van der Waals surface area (Å²) < 4.78 is 1.09. The number of hydrogen-bond donors (Lipinski definition) is 0. The number of halogens is 3. The molecule has 0 aliphatic heterocycles. The molecule has 0 amide bonds. The van der Waals surface area contributed by atoms with E-state index in [2.05, 4.69) is 47.1 Å². The lowest BCUT2D eigenvalue weighted by molar-refractivity contribution is 0.487. The predicted octanol–water partition coefficient (Wildman–Crippen LogP) is 5.70. The van der Waals surface area contributed by atoms with Crippen LogP contribution in [0.2, 0.25) is 0 Å². The lowest BCUT2D eigenvalue weighted by atomic mass is 9.80. The van der Waals surface area contributed by atoms with Crippen molar-refractivity contribution in [3.8, 4) is 0 Å². The minimum atomic E-state index is -0.0852. The van der Waals surface area contributed by atoms with Crippen LogP contribution >= 0.6 is 50.9 Å². The van der Waals surface area contributed by atoms with Gasteiger partial charge in [0.25, 0.3) is 0 Å². The summed E-state index contributed by atoms with van der Waals surface area (Å²) in [5.41, 5.74) is 1.16. The largest absolute Gasteiger partial charge is 0.162 e. The van der Waals surface area contributed by atoms with E-state index < -0.39 is 0 Å². The van der Waals surface area contributed by atoms with E-state index in [-0.39, 0.29) is 5.41 Å². The molecule has 0 aliphatic rings. The van der Waals surface area contributed by atoms with Gasteiger partial charge < -0.3 is 0 Å². The van der Waals surface area contributed by atoms with Crippen LogP contribution in [0.4, 0.5) is 0 Å². The Morgan fingerprint density at radius 2 is 1.78 bits per heavy atom. The van der Waals surface area contributed by atoms with Crippen molar-refractivity contribution in [3.05, 3.63) is 34.3 Å². The van der Waals surface area contributed by atoms with Crippen LogP contribution in [0.5, 0.6) is 0 Å². The molecule has 0 saturated heterocycles. The van der Waals surface area contributed by atoms with E-state index in [9.17, 15) is 0 Å². The molecule has 0 aromatic heterocycles. The van der Waals surface area contributed by atoms with E-state index in [0.717, 1.165) is 17.3 Å². The Kier molecular flexibility index (Phi) is 8.09. The molecule has 0 heterocycles. The highest BCUT2D eigenvalue weighted by atomic mass is 79.9. The lowest BCUT2D eigenvalue weighted by Gasteiger charge is -2.30. The molecular formula is C14H19BrCl2S. The first-order valence-corrected chi connectivity index (χ1v) is 9.16. The third-order valence-corrected chi connectivity index (χ3v) is 5.65. The van der Waals surface area contributed by atoms with Crippen molar-refractivity contribution in [2.75, 3.05) is 23.3 Å². The molecule has 4 heteroatoms. The van der Waals surface area contributed by atoms with E-state index in [1.54, 1.807) is 0 Å². The maximum atomic E-state index is 6.21. The highest BCUT2D eigenvalue weighted by Gasteiger charge is 2.29. The Hall–Kier alpha value is 0.630. The Balaban J connectivity index is 2.75. The van der Waals surface area contributed by atoms with Gasteiger partial charge in [0, 0.05) is 21.6 Å². The lowest BCUT2D eigenvalue weighted by Crippen LogP contribution is -2.30. The van der Waals surface area contributed by atoms with E-state index in [4.69, 9.17) is 23.2 Å². The summed E-state index contributed by atoms with van der Waals surface area (Å²) in [7, 11) is 0. The van der Waals surface area contributed by atoms with Crippen molar-refractivity contribution in [3.63, 3.8) is 0 Å². The molecular weight excluding hydrogens is 351 g/mol. The molecule has 1 aromatic rings. The summed E-state index contributed by atoms with van der Waals surface area (Å²) in [5, 5.41) is 0. The molecule has 0 fully saturated rings. The van der Waals surface area contributed by atoms with Gasteiger partial charge in [0.2, 0.25) is 0 Å². The van der Waals surface area contributed by atoms with Crippen molar-refractivity contribution >= 4 is 50.9 Å². The molecule has 0 radical (unpaired) electrons. The summed E-state index contributed by atoms with van der Waals surface area (Å²) in [6.45, 7) is 2.19. The van der Waals surface area contributed by atoms with Crippen molar-refractivity contribution in [2.24, 2.45) is 0 Å². The van der Waals surface area contributed by atoms with E-state index >= 15 is 0 Å². The third-order valence-electron chi connectivity index (χ3n) is 3.12. The van der Waals surface area contributed by atoms with Crippen LogP contribution in [0.3, 0.4) is 0 Å². The Morgan fingerprint density at radius 3 is 2.28 bits per heavy atom. The summed E-state index contributed by atoms with van der Waals surface area (Å²) in [6.07, 6.45) is 2.21. The smallest absolute Gasteiger partial charge is 0.0332 e. The number of hydrogen-bond acceptors (Lipinski definition) is 1. The SMILES string of the molecule is CCSCCCC(CCl)(CCl)c1ccc(Br)cc1. The molecule has 0 bridgehead atoms. The Morgan fingerprint density at radius 1 is 1.17 bits per heavy atom. The zero-order valence-corrected chi connectivity index (χ0v) is 14.5. The molecule has 102 valence electrons. The second-order valence-electron chi connectivity index (χ2n) is 4.35. The first-order chi connectivity index (χ1) is 8.68. The zero-order chi connectivity index (χ0) is 13.4. The van der Waals surface area contributed by atoms with Gasteiger partial charge in [-0.3, -0.25) is 0 Å². The van der Waals surface area contributed by atoms with Crippen molar-refractivity contribution < 1.29 is 0 Å².